The maximum absolute atomic E-state index is 13.9. The van der Waals surface area contributed by atoms with E-state index in [2.05, 4.69) is 0 Å². The SMILES string of the molecule is CC(C)(C)N1CC=C[C@]23O[C@]4(C)/C=C\CCCCOC(=O)[C@@H]4[C@H]2C(=O)N(CCO)C3C1=O. The highest BCUT2D eigenvalue weighted by Gasteiger charge is 2.74. The van der Waals surface area contributed by atoms with Gasteiger partial charge in [0.1, 0.15) is 17.6 Å². The molecule has 4 aliphatic rings. The number of aliphatic hydroxyl groups excluding tert-OH is 1. The number of β-amino-alcohol motifs (C(OH)–C–C–N with tert-alkyl or cyclic N) is 1. The van der Waals surface area contributed by atoms with E-state index in [0.29, 0.717) is 13.2 Å². The lowest BCUT2D eigenvalue weighted by Gasteiger charge is -2.41. The fraction of sp³-hybridized carbons (Fsp3) is 0.708. The molecule has 5 atom stereocenters. The van der Waals surface area contributed by atoms with Crippen LogP contribution in [0.2, 0.25) is 0 Å². The second kappa shape index (κ2) is 7.99. The van der Waals surface area contributed by atoms with Crippen molar-refractivity contribution in [2.24, 2.45) is 11.8 Å². The molecule has 0 aromatic carbocycles. The second-order valence-corrected chi connectivity index (χ2v) is 10.3. The molecule has 0 aromatic rings. The molecule has 2 amide bonds. The number of carbonyl (C=O) groups excluding carboxylic acids is 3. The summed E-state index contributed by atoms with van der Waals surface area (Å²) < 4.78 is 12.2. The number of amides is 2. The molecular weight excluding hydrogens is 412 g/mol. The Labute approximate surface area is 189 Å². The monoisotopic (exact) mass is 446 g/mol. The van der Waals surface area contributed by atoms with Gasteiger partial charge in [-0.3, -0.25) is 14.4 Å². The van der Waals surface area contributed by atoms with Crippen LogP contribution in [0.1, 0.15) is 47.0 Å². The van der Waals surface area contributed by atoms with Crippen LogP contribution in [0.5, 0.6) is 0 Å². The zero-order chi connectivity index (χ0) is 23.3. The molecule has 8 heteroatoms. The first-order valence-corrected chi connectivity index (χ1v) is 11.5. The summed E-state index contributed by atoms with van der Waals surface area (Å²) in [6.07, 6.45) is 10.00. The van der Waals surface area contributed by atoms with E-state index in [1.165, 1.54) is 4.90 Å². The Morgan fingerprint density at radius 3 is 2.53 bits per heavy atom. The number of ether oxygens (including phenoxy) is 2. The molecule has 2 saturated heterocycles. The van der Waals surface area contributed by atoms with Gasteiger partial charge in [0.15, 0.2) is 0 Å². The van der Waals surface area contributed by atoms with Gasteiger partial charge in [-0.1, -0.05) is 24.3 Å². The van der Waals surface area contributed by atoms with E-state index >= 15 is 0 Å². The van der Waals surface area contributed by atoms with Crippen LogP contribution >= 0.6 is 0 Å². The molecule has 0 aromatic heterocycles. The maximum atomic E-state index is 13.9. The van der Waals surface area contributed by atoms with Crippen molar-refractivity contribution in [2.75, 3.05) is 26.3 Å². The number of carbonyl (C=O) groups is 3. The maximum Gasteiger partial charge on any atom is 0.313 e. The first-order chi connectivity index (χ1) is 15.1. The highest BCUT2D eigenvalue weighted by molar-refractivity contribution is 5.99. The third-order valence-corrected chi connectivity index (χ3v) is 7.15. The van der Waals surface area contributed by atoms with E-state index in [9.17, 15) is 19.5 Å². The summed E-state index contributed by atoms with van der Waals surface area (Å²) in [5, 5.41) is 9.68. The number of aliphatic hydroxyl groups is 1. The van der Waals surface area contributed by atoms with Crippen LogP contribution in [-0.2, 0) is 23.9 Å². The molecule has 1 N–H and O–H groups in total. The Bertz CT molecular complexity index is 861. The van der Waals surface area contributed by atoms with Crippen molar-refractivity contribution in [1.82, 2.24) is 9.80 Å². The van der Waals surface area contributed by atoms with E-state index in [1.807, 2.05) is 39.0 Å². The predicted octanol–water partition coefficient (Wildman–Crippen LogP) is 1.43. The van der Waals surface area contributed by atoms with Crippen LogP contribution in [0.3, 0.4) is 0 Å². The summed E-state index contributed by atoms with van der Waals surface area (Å²) in [5.41, 5.74) is -2.86. The Morgan fingerprint density at radius 2 is 1.84 bits per heavy atom. The number of hydrogen-bond donors (Lipinski definition) is 1. The summed E-state index contributed by atoms with van der Waals surface area (Å²) in [6.45, 7) is 8.01. The zero-order valence-electron chi connectivity index (χ0n) is 19.4. The molecule has 0 saturated carbocycles. The quantitative estimate of drug-likeness (QED) is 0.509. The summed E-state index contributed by atoms with van der Waals surface area (Å²) in [7, 11) is 0. The first-order valence-electron chi connectivity index (χ1n) is 11.5. The lowest BCUT2D eigenvalue weighted by Crippen LogP contribution is -2.59. The third-order valence-electron chi connectivity index (χ3n) is 7.15. The molecule has 1 spiro atoms. The molecule has 176 valence electrons. The Hall–Kier alpha value is -2.19. The third kappa shape index (κ3) is 3.39. The molecule has 4 rings (SSSR count). The van der Waals surface area contributed by atoms with Crippen LogP contribution in [0.4, 0.5) is 0 Å². The minimum atomic E-state index is -1.31. The van der Waals surface area contributed by atoms with Gasteiger partial charge in [0.2, 0.25) is 11.8 Å². The van der Waals surface area contributed by atoms with Crippen molar-refractivity contribution < 1.29 is 29.0 Å². The van der Waals surface area contributed by atoms with Gasteiger partial charge in [-0.2, -0.15) is 0 Å². The van der Waals surface area contributed by atoms with E-state index in [0.717, 1.165) is 19.3 Å². The average molecular weight is 447 g/mol. The molecule has 0 bridgehead atoms. The van der Waals surface area contributed by atoms with Gasteiger partial charge in [-0.15, -0.1) is 0 Å². The smallest absolute Gasteiger partial charge is 0.313 e. The number of esters is 1. The summed E-state index contributed by atoms with van der Waals surface area (Å²) in [4.78, 5) is 44.0. The highest BCUT2D eigenvalue weighted by Crippen LogP contribution is 2.57. The van der Waals surface area contributed by atoms with Crippen LogP contribution in [0.15, 0.2) is 24.3 Å². The Kier molecular flexibility index (Phi) is 5.74. The van der Waals surface area contributed by atoms with E-state index in [1.54, 1.807) is 17.9 Å². The van der Waals surface area contributed by atoms with E-state index in [4.69, 9.17) is 9.47 Å². The lowest BCUT2D eigenvalue weighted by molar-refractivity contribution is -0.161. The van der Waals surface area contributed by atoms with Gasteiger partial charge < -0.3 is 24.4 Å². The van der Waals surface area contributed by atoms with Gasteiger partial charge in [-0.25, -0.2) is 0 Å². The average Bonchev–Trinajstić information content (AvgIpc) is 3.01. The summed E-state index contributed by atoms with van der Waals surface area (Å²) in [5.74, 6) is -2.85. The number of cyclic esters (lactones) is 1. The molecular formula is C24H34N2O6. The molecule has 2 fully saturated rings. The predicted molar refractivity (Wildman–Crippen MR) is 116 cm³/mol. The largest absolute Gasteiger partial charge is 0.465 e. The van der Waals surface area contributed by atoms with Crippen molar-refractivity contribution in [1.29, 1.82) is 0 Å². The minimum Gasteiger partial charge on any atom is -0.465 e. The van der Waals surface area contributed by atoms with Gasteiger partial charge >= 0.3 is 5.97 Å². The van der Waals surface area contributed by atoms with Crippen molar-refractivity contribution in [2.45, 2.75) is 69.7 Å². The number of fused-ring (bicyclic) bond motifs is 2. The molecule has 4 aliphatic heterocycles. The number of rotatable bonds is 2. The van der Waals surface area contributed by atoms with Gasteiger partial charge in [0.25, 0.3) is 0 Å². The van der Waals surface area contributed by atoms with E-state index < -0.39 is 40.6 Å². The highest BCUT2D eigenvalue weighted by atomic mass is 16.6. The molecule has 0 aliphatic carbocycles. The van der Waals surface area contributed by atoms with Gasteiger partial charge in [0.05, 0.1) is 24.7 Å². The summed E-state index contributed by atoms with van der Waals surface area (Å²) >= 11 is 0. The minimum absolute atomic E-state index is 0.00298. The topological polar surface area (TPSA) is 96.4 Å². The molecule has 32 heavy (non-hydrogen) atoms. The number of likely N-dealkylation sites (tertiary alicyclic amines) is 1. The Morgan fingerprint density at radius 1 is 1.09 bits per heavy atom. The lowest BCUT2D eigenvalue weighted by atomic mass is 9.74. The standard InChI is InChI=1S/C24H34N2O6/c1-22(2,3)26-12-9-11-24-16(19(28)25(13-14-27)18(24)20(26)29)17-21(30)31-15-8-6-5-7-10-23(17,4)32-24/h7,9-11,16-18,27H,5-6,8,12-15H2,1-4H3/b10-7-/t16-,17-,18?,23+,24-/m0/s1. The van der Waals surface area contributed by atoms with Crippen LogP contribution in [0.25, 0.3) is 0 Å². The van der Waals surface area contributed by atoms with Crippen LogP contribution in [0, 0.1) is 11.8 Å². The number of allylic oxidation sites excluding steroid dienone is 1. The zero-order valence-corrected chi connectivity index (χ0v) is 19.4. The van der Waals surface area contributed by atoms with Crippen molar-refractivity contribution in [3.63, 3.8) is 0 Å². The van der Waals surface area contributed by atoms with Crippen molar-refractivity contribution in [3.8, 4) is 0 Å². The number of nitrogens with zero attached hydrogens (tertiary/aromatic N) is 2. The Balaban J connectivity index is 1.87. The normalized spacial score (nSPS) is 38.7. The van der Waals surface area contributed by atoms with Gasteiger partial charge in [-0.05, 0) is 47.0 Å². The van der Waals surface area contributed by atoms with Crippen molar-refractivity contribution >= 4 is 17.8 Å². The second-order valence-electron chi connectivity index (χ2n) is 10.3. The summed E-state index contributed by atoms with van der Waals surface area (Å²) in [6, 6.07) is -0.958. The fourth-order valence-electron chi connectivity index (χ4n) is 5.75. The molecule has 4 heterocycles. The van der Waals surface area contributed by atoms with Gasteiger partial charge in [0, 0.05) is 18.6 Å². The first kappa shape index (κ1) is 23.0. The van der Waals surface area contributed by atoms with Crippen LogP contribution < -0.4 is 0 Å². The van der Waals surface area contributed by atoms with Crippen LogP contribution in [-0.4, -0.2) is 81.8 Å². The number of hydrogen-bond acceptors (Lipinski definition) is 6. The molecule has 1 unspecified atom stereocenters. The molecule has 0 radical (unpaired) electrons. The molecule has 8 nitrogen and oxygen atoms in total. The van der Waals surface area contributed by atoms with E-state index in [-0.39, 0.29) is 25.0 Å². The fourth-order valence-corrected chi connectivity index (χ4v) is 5.75. The van der Waals surface area contributed by atoms with Crippen molar-refractivity contribution in [3.05, 3.63) is 24.3 Å².